The first-order valence-corrected chi connectivity index (χ1v) is 3.67. The third-order valence-electron chi connectivity index (χ3n) is 1.18. The molecule has 1 rings (SSSR count). The molecule has 0 fully saturated rings. The van der Waals surface area contributed by atoms with Crippen molar-refractivity contribution in [1.29, 1.82) is 0 Å². The Labute approximate surface area is 79.9 Å². The lowest BCUT2D eigenvalue weighted by Crippen LogP contribution is -1.94. The van der Waals surface area contributed by atoms with E-state index in [0.29, 0.717) is 11.8 Å². The SMILES string of the molecule is COc1nc(Cl)ncc1C#CC=O. The molecule has 0 atom stereocenters. The highest BCUT2D eigenvalue weighted by molar-refractivity contribution is 6.28. The molecule has 0 aliphatic carbocycles. The zero-order valence-corrected chi connectivity index (χ0v) is 7.50. The fraction of sp³-hybridized carbons (Fsp3) is 0.125. The largest absolute Gasteiger partial charge is 0.480 e. The summed E-state index contributed by atoms with van der Waals surface area (Å²) in [6, 6.07) is 0. The molecule has 0 spiro atoms. The summed E-state index contributed by atoms with van der Waals surface area (Å²) in [4.78, 5) is 17.4. The van der Waals surface area contributed by atoms with Crippen LogP contribution in [0.4, 0.5) is 0 Å². The normalized spacial score (nSPS) is 8.46. The summed E-state index contributed by atoms with van der Waals surface area (Å²) in [7, 11) is 1.44. The number of aromatic nitrogens is 2. The van der Waals surface area contributed by atoms with E-state index in [-0.39, 0.29) is 11.2 Å². The van der Waals surface area contributed by atoms with Crippen LogP contribution in [-0.2, 0) is 4.79 Å². The minimum atomic E-state index is 0.0773. The second kappa shape index (κ2) is 4.43. The third-order valence-corrected chi connectivity index (χ3v) is 1.37. The molecule has 0 radical (unpaired) electrons. The lowest BCUT2D eigenvalue weighted by atomic mass is 10.3. The van der Waals surface area contributed by atoms with Gasteiger partial charge in [-0.2, -0.15) is 4.98 Å². The maximum absolute atomic E-state index is 9.96. The number of halogens is 1. The minimum absolute atomic E-state index is 0.0773. The van der Waals surface area contributed by atoms with Gasteiger partial charge in [-0.25, -0.2) is 4.98 Å². The summed E-state index contributed by atoms with van der Waals surface area (Å²) in [5.41, 5.74) is 0.430. The Morgan fingerprint density at radius 3 is 3.08 bits per heavy atom. The summed E-state index contributed by atoms with van der Waals surface area (Å²) in [5.74, 6) is 5.00. The van der Waals surface area contributed by atoms with Crippen LogP contribution in [0.15, 0.2) is 6.20 Å². The van der Waals surface area contributed by atoms with Crippen LogP contribution < -0.4 is 4.74 Å². The number of carbonyl (C=O) groups is 1. The maximum atomic E-state index is 9.96. The van der Waals surface area contributed by atoms with Gasteiger partial charge in [0.25, 0.3) is 0 Å². The molecule has 0 unspecified atom stereocenters. The molecule has 0 aliphatic heterocycles. The smallest absolute Gasteiger partial charge is 0.233 e. The van der Waals surface area contributed by atoms with E-state index in [9.17, 15) is 4.79 Å². The highest BCUT2D eigenvalue weighted by Gasteiger charge is 2.02. The molecule has 0 amide bonds. The second-order valence-corrected chi connectivity index (χ2v) is 2.29. The van der Waals surface area contributed by atoms with Gasteiger partial charge in [0.1, 0.15) is 5.56 Å². The maximum Gasteiger partial charge on any atom is 0.233 e. The molecule has 1 heterocycles. The number of rotatable bonds is 1. The van der Waals surface area contributed by atoms with E-state index >= 15 is 0 Å². The van der Waals surface area contributed by atoms with Crippen LogP contribution >= 0.6 is 11.6 Å². The predicted octanol–water partition coefficient (Wildman–Crippen LogP) is 0.689. The number of ether oxygens (including phenoxy) is 1. The number of nitrogens with zero attached hydrogens (tertiary/aromatic N) is 2. The molecule has 0 saturated heterocycles. The number of hydrogen-bond acceptors (Lipinski definition) is 4. The molecular weight excluding hydrogens is 192 g/mol. The van der Waals surface area contributed by atoms with Crippen LogP contribution in [0.25, 0.3) is 0 Å². The van der Waals surface area contributed by atoms with Crippen molar-refractivity contribution in [2.24, 2.45) is 0 Å². The van der Waals surface area contributed by atoms with Gasteiger partial charge in [-0.1, -0.05) is 5.92 Å². The first-order chi connectivity index (χ1) is 6.27. The average molecular weight is 197 g/mol. The molecule has 0 bridgehead atoms. The first kappa shape index (κ1) is 9.49. The van der Waals surface area contributed by atoms with Gasteiger partial charge in [-0.3, -0.25) is 4.79 Å². The number of methoxy groups -OCH3 is 1. The van der Waals surface area contributed by atoms with E-state index in [0.717, 1.165) is 0 Å². The van der Waals surface area contributed by atoms with Crippen molar-refractivity contribution < 1.29 is 9.53 Å². The highest BCUT2D eigenvalue weighted by Crippen LogP contribution is 2.14. The zero-order chi connectivity index (χ0) is 9.68. The van der Waals surface area contributed by atoms with Crippen molar-refractivity contribution in [2.45, 2.75) is 0 Å². The number of hydrogen-bond donors (Lipinski definition) is 0. The highest BCUT2D eigenvalue weighted by atomic mass is 35.5. The monoisotopic (exact) mass is 196 g/mol. The summed E-state index contributed by atoms with van der Waals surface area (Å²) in [6.07, 6.45) is 1.87. The standard InChI is InChI=1S/C8H5ClN2O2/c1-13-7-6(3-2-4-12)5-10-8(9)11-7/h4-5H,1H3. The quantitative estimate of drug-likeness (QED) is 0.377. The number of carbonyl (C=O) groups excluding carboxylic acids is 1. The average Bonchev–Trinajstić information content (AvgIpc) is 2.16. The van der Waals surface area contributed by atoms with Crippen LogP contribution in [0.3, 0.4) is 0 Å². The molecule has 1 aromatic heterocycles. The van der Waals surface area contributed by atoms with Gasteiger partial charge in [-0.05, 0) is 17.5 Å². The Morgan fingerprint density at radius 2 is 2.46 bits per heavy atom. The Morgan fingerprint density at radius 1 is 1.69 bits per heavy atom. The van der Waals surface area contributed by atoms with Gasteiger partial charge >= 0.3 is 0 Å². The van der Waals surface area contributed by atoms with Crippen molar-refractivity contribution in [3.63, 3.8) is 0 Å². The Balaban J connectivity index is 3.13. The van der Waals surface area contributed by atoms with Gasteiger partial charge in [-0.15, -0.1) is 0 Å². The van der Waals surface area contributed by atoms with E-state index in [1.807, 2.05) is 0 Å². The number of aldehydes is 1. The van der Waals surface area contributed by atoms with Gasteiger partial charge in [0, 0.05) is 0 Å². The van der Waals surface area contributed by atoms with Crippen molar-refractivity contribution >= 4 is 17.9 Å². The predicted molar refractivity (Wildman–Crippen MR) is 46.5 cm³/mol. The van der Waals surface area contributed by atoms with Crippen LogP contribution in [-0.4, -0.2) is 23.4 Å². The van der Waals surface area contributed by atoms with Crippen molar-refractivity contribution in [1.82, 2.24) is 9.97 Å². The Bertz CT molecular complexity index is 381. The minimum Gasteiger partial charge on any atom is -0.480 e. The van der Waals surface area contributed by atoms with Crippen LogP contribution in [0.2, 0.25) is 5.28 Å². The van der Waals surface area contributed by atoms with Crippen LogP contribution in [0.5, 0.6) is 5.88 Å². The van der Waals surface area contributed by atoms with E-state index in [4.69, 9.17) is 16.3 Å². The summed E-state index contributed by atoms with van der Waals surface area (Å²) >= 11 is 5.51. The molecule has 5 heteroatoms. The second-order valence-electron chi connectivity index (χ2n) is 1.95. The van der Waals surface area contributed by atoms with Gasteiger partial charge < -0.3 is 4.74 Å². The van der Waals surface area contributed by atoms with Crippen molar-refractivity contribution in [3.8, 4) is 17.7 Å². The fourth-order valence-electron chi connectivity index (χ4n) is 0.694. The molecule has 1 aromatic rings. The molecule has 0 saturated carbocycles. The molecule has 0 aliphatic rings. The van der Waals surface area contributed by atoms with Crippen molar-refractivity contribution in [3.05, 3.63) is 17.0 Å². The Hall–Kier alpha value is -1.60. The van der Waals surface area contributed by atoms with Gasteiger partial charge in [0.2, 0.25) is 11.2 Å². The molecule has 0 aromatic carbocycles. The first-order valence-electron chi connectivity index (χ1n) is 3.29. The molecule has 66 valence electrons. The summed E-state index contributed by atoms with van der Waals surface area (Å²) in [6.45, 7) is 0. The van der Waals surface area contributed by atoms with E-state index in [1.54, 1.807) is 0 Å². The zero-order valence-electron chi connectivity index (χ0n) is 6.74. The molecule has 4 nitrogen and oxygen atoms in total. The Kier molecular flexibility index (Phi) is 3.23. The lowest BCUT2D eigenvalue weighted by molar-refractivity contribution is -0.103. The van der Waals surface area contributed by atoms with Crippen LogP contribution in [0, 0.1) is 11.8 Å². The van der Waals surface area contributed by atoms with E-state index < -0.39 is 0 Å². The topological polar surface area (TPSA) is 52.1 Å². The van der Waals surface area contributed by atoms with E-state index in [2.05, 4.69) is 21.8 Å². The van der Waals surface area contributed by atoms with Crippen LogP contribution in [0.1, 0.15) is 5.56 Å². The molecule has 0 N–H and O–H groups in total. The fourth-order valence-corrected chi connectivity index (χ4v) is 0.820. The molecule has 13 heavy (non-hydrogen) atoms. The van der Waals surface area contributed by atoms with E-state index in [1.165, 1.54) is 13.3 Å². The summed E-state index contributed by atoms with van der Waals surface area (Å²) < 4.78 is 4.87. The molecular formula is C8H5ClN2O2. The van der Waals surface area contributed by atoms with Gasteiger partial charge in [0.15, 0.2) is 6.29 Å². The van der Waals surface area contributed by atoms with Gasteiger partial charge in [0.05, 0.1) is 13.3 Å². The lowest BCUT2D eigenvalue weighted by Gasteiger charge is -1.99. The summed E-state index contributed by atoms with van der Waals surface area (Å²) in [5, 5.41) is 0.0773. The third kappa shape index (κ3) is 2.42. The van der Waals surface area contributed by atoms with Crippen molar-refractivity contribution in [2.75, 3.05) is 7.11 Å².